The molecule has 5 heteroatoms. The molecule has 0 unspecified atom stereocenters. The molecule has 1 fully saturated rings. The van der Waals surface area contributed by atoms with Crippen LogP contribution in [0.1, 0.15) is 18.1 Å². The summed E-state index contributed by atoms with van der Waals surface area (Å²) in [7, 11) is 0. The highest BCUT2D eigenvalue weighted by Gasteiger charge is 2.20. The lowest BCUT2D eigenvalue weighted by Crippen LogP contribution is -3.13. The predicted molar refractivity (Wildman–Crippen MR) is 110 cm³/mol. The SMILES string of the molecule is CCOC(=O)C(C#N)=Cc1ccc(N2CC[NH+](Cc3ccccc3)CC2)cc1. The lowest BCUT2D eigenvalue weighted by Gasteiger charge is -2.33. The van der Waals surface area contributed by atoms with Crippen molar-refractivity contribution in [3.63, 3.8) is 0 Å². The Labute approximate surface area is 166 Å². The van der Waals surface area contributed by atoms with Crippen molar-refractivity contribution in [3.05, 3.63) is 71.3 Å². The number of ether oxygens (including phenoxy) is 1. The molecule has 1 aliphatic heterocycles. The highest BCUT2D eigenvalue weighted by atomic mass is 16.5. The minimum atomic E-state index is -0.577. The highest BCUT2D eigenvalue weighted by Crippen LogP contribution is 2.17. The second-order valence-electron chi connectivity index (χ2n) is 6.88. The topological polar surface area (TPSA) is 57.8 Å². The van der Waals surface area contributed by atoms with Crippen molar-refractivity contribution in [2.75, 3.05) is 37.7 Å². The van der Waals surface area contributed by atoms with Crippen molar-refractivity contribution in [2.45, 2.75) is 13.5 Å². The quantitative estimate of drug-likeness (QED) is 0.476. The van der Waals surface area contributed by atoms with E-state index in [1.807, 2.05) is 30.3 Å². The second kappa shape index (κ2) is 9.72. The van der Waals surface area contributed by atoms with E-state index < -0.39 is 5.97 Å². The fourth-order valence-electron chi connectivity index (χ4n) is 3.44. The van der Waals surface area contributed by atoms with Gasteiger partial charge in [-0.05, 0) is 30.7 Å². The monoisotopic (exact) mass is 376 g/mol. The molecule has 5 nitrogen and oxygen atoms in total. The van der Waals surface area contributed by atoms with Gasteiger partial charge in [-0.15, -0.1) is 0 Å². The Morgan fingerprint density at radius 3 is 2.43 bits per heavy atom. The predicted octanol–water partition coefficient (Wildman–Crippen LogP) is 2.06. The molecule has 0 aromatic heterocycles. The van der Waals surface area contributed by atoms with Gasteiger partial charge in [0.1, 0.15) is 18.2 Å². The largest absolute Gasteiger partial charge is 0.462 e. The van der Waals surface area contributed by atoms with Crippen molar-refractivity contribution < 1.29 is 14.4 Å². The Morgan fingerprint density at radius 2 is 1.82 bits per heavy atom. The molecule has 3 rings (SSSR count). The lowest BCUT2D eigenvalue weighted by molar-refractivity contribution is -0.914. The van der Waals surface area contributed by atoms with Crippen LogP contribution in [0.2, 0.25) is 0 Å². The molecule has 0 saturated carbocycles. The summed E-state index contributed by atoms with van der Waals surface area (Å²) in [5.41, 5.74) is 3.40. The maximum Gasteiger partial charge on any atom is 0.348 e. The third kappa shape index (κ3) is 5.21. The van der Waals surface area contributed by atoms with Gasteiger partial charge in [-0.1, -0.05) is 42.5 Å². The number of esters is 1. The second-order valence-corrected chi connectivity index (χ2v) is 6.88. The molecule has 2 aromatic rings. The van der Waals surface area contributed by atoms with E-state index in [-0.39, 0.29) is 12.2 Å². The minimum absolute atomic E-state index is 0.0210. The van der Waals surface area contributed by atoms with E-state index in [0.29, 0.717) is 0 Å². The summed E-state index contributed by atoms with van der Waals surface area (Å²) in [4.78, 5) is 15.7. The summed E-state index contributed by atoms with van der Waals surface area (Å²) in [5.74, 6) is -0.577. The molecular weight excluding hydrogens is 350 g/mol. The third-order valence-corrected chi connectivity index (χ3v) is 4.95. The molecule has 0 atom stereocenters. The summed E-state index contributed by atoms with van der Waals surface area (Å²) >= 11 is 0. The van der Waals surface area contributed by atoms with Gasteiger partial charge >= 0.3 is 5.97 Å². The first-order valence-corrected chi connectivity index (χ1v) is 9.71. The maximum atomic E-state index is 11.7. The summed E-state index contributed by atoms with van der Waals surface area (Å²) in [6.45, 7) is 7.31. The van der Waals surface area contributed by atoms with Gasteiger partial charge in [0.05, 0.1) is 32.8 Å². The average molecular weight is 376 g/mol. The highest BCUT2D eigenvalue weighted by molar-refractivity contribution is 5.97. The number of nitriles is 1. The van der Waals surface area contributed by atoms with Crippen LogP contribution in [0.4, 0.5) is 5.69 Å². The van der Waals surface area contributed by atoms with Crippen molar-refractivity contribution in [1.29, 1.82) is 5.26 Å². The van der Waals surface area contributed by atoms with Crippen molar-refractivity contribution in [2.24, 2.45) is 0 Å². The number of rotatable bonds is 6. The Kier molecular flexibility index (Phi) is 6.83. The third-order valence-electron chi connectivity index (χ3n) is 4.95. The zero-order chi connectivity index (χ0) is 19.8. The number of hydrogen-bond donors (Lipinski definition) is 1. The van der Waals surface area contributed by atoms with Gasteiger partial charge in [0.15, 0.2) is 0 Å². The van der Waals surface area contributed by atoms with Crippen LogP contribution in [0.25, 0.3) is 6.08 Å². The Morgan fingerprint density at radius 1 is 1.14 bits per heavy atom. The van der Waals surface area contributed by atoms with Crippen molar-refractivity contribution in [3.8, 4) is 6.07 Å². The molecule has 0 aliphatic carbocycles. The first-order chi connectivity index (χ1) is 13.7. The van der Waals surface area contributed by atoms with Gasteiger partial charge < -0.3 is 14.5 Å². The van der Waals surface area contributed by atoms with Crippen molar-refractivity contribution in [1.82, 2.24) is 0 Å². The van der Waals surface area contributed by atoms with Crippen LogP contribution in [-0.2, 0) is 16.1 Å². The number of hydrogen-bond acceptors (Lipinski definition) is 4. The molecule has 1 aliphatic rings. The first kappa shape index (κ1) is 19.7. The zero-order valence-corrected chi connectivity index (χ0v) is 16.2. The van der Waals surface area contributed by atoms with Gasteiger partial charge in [0, 0.05) is 11.3 Å². The molecule has 0 bridgehead atoms. The van der Waals surface area contributed by atoms with E-state index in [2.05, 4.69) is 35.2 Å². The molecular formula is C23H26N3O2+. The van der Waals surface area contributed by atoms with Crippen LogP contribution in [0.15, 0.2) is 60.2 Å². The molecule has 0 radical (unpaired) electrons. The van der Waals surface area contributed by atoms with E-state index in [4.69, 9.17) is 10.00 Å². The average Bonchev–Trinajstić information content (AvgIpc) is 2.74. The molecule has 144 valence electrons. The maximum absolute atomic E-state index is 11.7. The van der Waals surface area contributed by atoms with E-state index in [9.17, 15) is 4.79 Å². The smallest absolute Gasteiger partial charge is 0.348 e. The van der Waals surface area contributed by atoms with Gasteiger partial charge in [0.25, 0.3) is 0 Å². The number of nitrogens with zero attached hydrogens (tertiary/aromatic N) is 2. The van der Waals surface area contributed by atoms with Crippen LogP contribution >= 0.6 is 0 Å². The van der Waals surface area contributed by atoms with Crippen molar-refractivity contribution >= 4 is 17.7 Å². The lowest BCUT2D eigenvalue weighted by atomic mass is 10.1. The molecule has 0 spiro atoms. The van der Waals surface area contributed by atoms with Gasteiger partial charge in [-0.25, -0.2) is 4.79 Å². The number of carbonyl (C=O) groups is 1. The van der Waals surface area contributed by atoms with Crippen LogP contribution in [0, 0.1) is 11.3 Å². The van der Waals surface area contributed by atoms with Gasteiger partial charge in [-0.3, -0.25) is 0 Å². The fourth-order valence-corrected chi connectivity index (χ4v) is 3.44. The van der Waals surface area contributed by atoms with Crippen LogP contribution < -0.4 is 9.80 Å². The number of nitrogens with one attached hydrogen (secondary N) is 1. The van der Waals surface area contributed by atoms with Gasteiger partial charge in [0.2, 0.25) is 0 Å². The zero-order valence-electron chi connectivity index (χ0n) is 16.2. The van der Waals surface area contributed by atoms with Crippen LogP contribution in [0.5, 0.6) is 0 Å². The number of quaternary nitrogens is 1. The minimum Gasteiger partial charge on any atom is -0.462 e. The molecule has 2 aromatic carbocycles. The molecule has 1 N–H and O–H groups in total. The summed E-state index contributed by atoms with van der Waals surface area (Å²) in [6, 6.07) is 20.5. The molecule has 1 heterocycles. The Balaban J connectivity index is 1.57. The number of carbonyl (C=O) groups excluding carboxylic acids is 1. The van der Waals surface area contributed by atoms with E-state index >= 15 is 0 Å². The molecule has 1 saturated heterocycles. The number of piperazine rings is 1. The van der Waals surface area contributed by atoms with E-state index in [1.54, 1.807) is 17.9 Å². The van der Waals surface area contributed by atoms with Crippen LogP contribution in [0.3, 0.4) is 0 Å². The number of benzene rings is 2. The Hall–Kier alpha value is -3.10. The normalized spacial score (nSPS) is 15.1. The number of anilines is 1. The molecule has 28 heavy (non-hydrogen) atoms. The van der Waals surface area contributed by atoms with Crippen LogP contribution in [-0.4, -0.2) is 38.8 Å². The van der Waals surface area contributed by atoms with Gasteiger partial charge in [-0.2, -0.15) is 5.26 Å². The van der Waals surface area contributed by atoms with E-state index in [1.165, 1.54) is 11.3 Å². The standard InChI is InChI=1S/C23H25N3O2/c1-2-28-23(27)21(17-24)16-19-8-10-22(11-9-19)26-14-12-25(13-15-26)18-20-6-4-3-5-7-20/h3-11,16H,2,12-15,18H2,1H3/p+1. The summed E-state index contributed by atoms with van der Waals surface area (Å²) in [5, 5.41) is 9.14. The van der Waals surface area contributed by atoms with E-state index in [0.717, 1.165) is 38.3 Å². The Bertz CT molecular complexity index is 846. The molecule has 0 amide bonds. The summed E-state index contributed by atoms with van der Waals surface area (Å²) in [6.07, 6.45) is 1.57. The first-order valence-electron chi connectivity index (χ1n) is 9.71. The summed E-state index contributed by atoms with van der Waals surface area (Å²) < 4.78 is 4.90. The fraction of sp³-hybridized carbons (Fsp3) is 0.304.